The van der Waals surface area contributed by atoms with E-state index in [0.717, 1.165) is 24.3 Å². The lowest BCUT2D eigenvalue weighted by atomic mass is 10.2. The van der Waals surface area contributed by atoms with Crippen LogP contribution in [0.2, 0.25) is 0 Å². The van der Waals surface area contributed by atoms with E-state index in [1.807, 2.05) is 0 Å². The molecule has 0 radical (unpaired) electrons. The first-order valence-corrected chi connectivity index (χ1v) is 3.94. The Labute approximate surface area is 73.6 Å². The average molecular weight is 208 g/mol. The predicted molar refractivity (Wildman–Crippen MR) is 39.7 cm³/mol. The Bertz CT molecular complexity index is 294. The maximum absolute atomic E-state index is 12.0. The molecule has 0 aliphatic carbocycles. The van der Waals surface area contributed by atoms with E-state index >= 15 is 0 Å². The van der Waals surface area contributed by atoms with Gasteiger partial charge in [-0.3, -0.25) is 0 Å². The summed E-state index contributed by atoms with van der Waals surface area (Å²) in [6.45, 7) is 0. The molecule has 0 unspecified atom stereocenters. The van der Waals surface area contributed by atoms with Crippen molar-refractivity contribution in [2.45, 2.75) is 6.18 Å². The van der Waals surface area contributed by atoms with Gasteiger partial charge in [0.2, 0.25) is 0 Å². The van der Waals surface area contributed by atoms with Crippen molar-refractivity contribution in [2.24, 2.45) is 0 Å². The van der Waals surface area contributed by atoms with Crippen LogP contribution in [0.3, 0.4) is 0 Å². The third kappa shape index (κ3) is 2.70. The van der Waals surface area contributed by atoms with Crippen molar-refractivity contribution in [3.05, 3.63) is 29.8 Å². The lowest BCUT2D eigenvalue weighted by molar-refractivity contribution is -0.137. The molecule has 70 valence electrons. The van der Waals surface area contributed by atoms with E-state index in [1.165, 1.54) is 0 Å². The smallest absolute Gasteiger partial charge is 0.408 e. The number of benzene rings is 1. The molecule has 0 aliphatic heterocycles. The highest BCUT2D eigenvalue weighted by molar-refractivity contribution is 7.17. The van der Waals surface area contributed by atoms with Gasteiger partial charge in [0, 0.05) is 0 Å². The summed E-state index contributed by atoms with van der Waals surface area (Å²) < 4.78 is 50.3. The zero-order valence-corrected chi connectivity index (χ0v) is 7.10. The molecule has 0 heterocycles. The Morgan fingerprint density at radius 2 is 1.69 bits per heavy atom. The molecule has 0 N–H and O–H groups in total. The first-order valence-electron chi connectivity index (χ1n) is 3.21. The van der Waals surface area contributed by atoms with Gasteiger partial charge < -0.3 is 4.52 Å². The topological polar surface area (TPSA) is 26.3 Å². The third-order valence-electron chi connectivity index (χ3n) is 1.32. The van der Waals surface area contributed by atoms with E-state index in [2.05, 4.69) is 4.52 Å². The number of alkyl halides is 3. The first kappa shape index (κ1) is 9.99. The zero-order chi connectivity index (χ0) is 9.90. The van der Waals surface area contributed by atoms with Gasteiger partial charge in [0.05, 0.1) is 5.56 Å². The van der Waals surface area contributed by atoms with Gasteiger partial charge >= 0.3 is 14.9 Å². The van der Waals surface area contributed by atoms with Crippen LogP contribution in [0.5, 0.6) is 5.75 Å². The fourth-order valence-corrected chi connectivity index (χ4v) is 0.956. The summed E-state index contributed by atoms with van der Waals surface area (Å²) in [5.41, 5.74) is -0.762. The highest BCUT2D eigenvalue weighted by atomic mass is 31.1. The normalized spacial score (nSPS) is 11.6. The van der Waals surface area contributed by atoms with Crippen molar-refractivity contribution in [1.82, 2.24) is 0 Å². The molecule has 1 rings (SSSR count). The number of hydrogen-bond donors (Lipinski definition) is 0. The van der Waals surface area contributed by atoms with Gasteiger partial charge in [-0.2, -0.15) is 13.2 Å². The van der Waals surface area contributed by atoms with Crippen LogP contribution in [0.15, 0.2) is 24.3 Å². The molecule has 2 nitrogen and oxygen atoms in total. The Hall–Kier alpha value is -1.09. The predicted octanol–water partition coefficient (Wildman–Crippen LogP) is 3.29. The van der Waals surface area contributed by atoms with Crippen LogP contribution in [0.25, 0.3) is 0 Å². The highest BCUT2D eigenvalue weighted by Gasteiger charge is 2.29. The second kappa shape index (κ2) is 3.75. The van der Waals surface area contributed by atoms with Gasteiger partial charge in [0.15, 0.2) is 0 Å². The summed E-state index contributed by atoms with van der Waals surface area (Å²) in [6, 6.07) is 3.93. The fourth-order valence-electron chi connectivity index (χ4n) is 0.748. The van der Waals surface area contributed by atoms with Gasteiger partial charge in [-0.25, -0.2) is 4.57 Å². The summed E-state index contributed by atoms with van der Waals surface area (Å²) in [5, 5.41) is 0. The Kier molecular flexibility index (Phi) is 2.88. The van der Waals surface area contributed by atoms with Crippen LogP contribution < -0.4 is 4.52 Å². The third-order valence-corrected chi connectivity index (χ3v) is 1.61. The quantitative estimate of drug-likeness (QED) is 0.697. The molecule has 0 atom stereocenters. The van der Waals surface area contributed by atoms with Gasteiger partial charge in [0.25, 0.3) is 0 Å². The van der Waals surface area contributed by atoms with Gasteiger partial charge in [-0.1, -0.05) is 0 Å². The molecule has 0 fully saturated rings. The molecule has 0 spiro atoms. The van der Waals surface area contributed by atoms with E-state index < -0.39 is 20.4 Å². The van der Waals surface area contributed by atoms with Crippen LogP contribution in [-0.2, 0) is 10.7 Å². The van der Waals surface area contributed by atoms with E-state index in [4.69, 9.17) is 0 Å². The summed E-state index contributed by atoms with van der Waals surface area (Å²) in [5.74, 6) is 0.129. The summed E-state index contributed by atoms with van der Waals surface area (Å²) in [6.07, 6.45) is -4.35. The van der Waals surface area contributed by atoms with E-state index in [0.29, 0.717) is 0 Å². The van der Waals surface area contributed by atoms with Gasteiger partial charge in [-0.15, -0.1) is 0 Å². The van der Waals surface area contributed by atoms with Gasteiger partial charge in [0.1, 0.15) is 5.75 Å². The lowest BCUT2D eigenvalue weighted by Crippen LogP contribution is -2.03. The van der Waals surface area contributed by atoms with Gasteiger partial charge in [-0.05, 0) is 24.3 Å². The molecule has 1 aromatic rings. The van der Waals surface area contributed by atoms with Crippen molar-refractivity contribution < 1.29 is 22.3 Å². The summed E-state index contributed by atoms with van der Waals surface area (Å²) in [7, 11) is -0.588. The molecular formula is C7H4F3O2P. The molecular weight excluding hydrogens is 204 g/mol. The van der Waals surface area contributed by atoms with Crippen LogP contribution in [-0.4, -0.2) is 0 Å². The molecule has 0 aliphatic rings. The summed E-state index contributed by atoms with van der Waals surface area (Å²) >= 11 is 0. The molecule has 0 saturated carbocycles. The maximum Gasteiger partial charge on any atom is 0.416 e. The largest absolute Gasteiger partial charge is 0.416 e. The zero-order valence-electron chi connectivity index (χ0n) is 6.21. The molecule has 1 aromatic carbocycles. The Balaban J connectivity index is 2.87. The Morgan fingerprint density at radius 3 is 2.08 bits per heavy atom. The number of halogens is 3. The van der Waals surface area contributed by atoms with Crippen molar-refractivity contribution in [2.75, 3.05) is 0 Å². The molecule has 6 heteroatoms. The van der Waals surface area contributed by atoms with E-state index in [1.54, 1.807) is 0 Å². The van der Waals surface area contributed by atoms with Crippen LogP contribution in [0.1, 0.15) is 5.56 Å². The van der Waals surface area contributed by atoms with Crippen molar-refractivity contribution >= 4 is 8.69 Å². The van der Waals surface area contributed by atoms with Crippen molar-refractivity contribution in [1.29, 1.82) is 0 Å². The maximum atomic E-state index is 12.0. The molecule has 0 saturated heterocycles. The summed E-state index contributed by atoms with van der Waals surface area (Å²) in [4.78, 5) is 0. The highest BCUT2D eigenvalue weighted by Crippen LogP contribution is 2.30. The second-order valence-corrected chi connectivity index (χ2v) is 2.52. The number of hydrogen-bond acceptors (Lipinski definition) is 2. The van der Waals surface area contributed by atoms with Crippen LogP contribution in [0, 0.1) is 0 Å². The molecule has 0 bridgehead atoms. The van der Waals surface area contributed by atoms with E-state index in [9.17, 15) is 17.7 Å². The van der Waals surface area contributed by atoms with E-state index in [-0.39, 0.29) is 5.75 Å². The number of rotatable bonds is 2. The lowest BCUT2D eigenvalue weighted by Gasteiger charge is -2.05. The van der Waals surface area contributed by atoms with Crippen LogP contribution >= 0.6 is 8.69 Å². The van der Waals surface area contributed by atoms with Crippen molar-refractivity contribution in [3.63, 3.8) is 0 Å². The second-order valence-electron chi connectivity index (χ2n) is 2.19. The fraction of sp³-hybridized carbons (Fsp3) is 0.143. The van der Waals surface area contributed by atoms with Crippen LogP contribution in [0.4, 0.5) is 13.2 Å². The first-order chi connectivity index (χ1) is 6.04. The molecule has 0 amide bonds. The molecule has 13 heavy (non-hydrogen) atoms. The standard InChI is InChI=1S/C7H4F3O2P/c8-7(9,10)5-1-3-6(4-2-5)12-13-11/h1-4H. The monoisotopic (exact) mass is 208 g/mol. The average Bonchev–Trinajstić information content (AvgIpc) is 2.04. The van der Waals surface area contributed by atoms with Crippen molar-refractivity contribution in [3.8, 4) is 5.75 Å². The minimum atomic E-state index is -4.35. The minimum absolute atomic E-state index is 0.129. The SMILES string of the molecule is O=POc1ccc(C(F)(F)F)cc1. The Morgan fingerprint density at radius 1 is 1.15 bits per heavy atom. The molecule has 0 aromatic heterocycles. The minimum Gasteiger partial charge on any atom is -0.408 e.